The van der Waals surface area contributed by atoms with Gasteiger partial charge >= 0.3 is 6.09 Å². The van der Waals surface area contributed by atoms with Gasteiger partial charge in [0.05, 0.1) is 0 Å². The molecule has 0 saturated heterocycles. The topological polar surface area (TPSA) is 93.4 Å². The quantitative estimate of drug-likeness (QED) is 0.808. The van der Waals surface area contributed by atoms with Crippen molar-refractivity contribution in [2.75, 3.05) is 30.3 Å². The first-order valence-electron chi connectivity index (χ1n) is 6.73. The number of halogens is 1. The second-order valence-corrected chi connectivity index (χ2v) is 5.80. The van der Waals surface area contributed by atoms with Gasteiger partial charge in [0.2, 0.25) is 5.95 Å². The molecule has 8 heteroatoms. The third kappa shape index (κ3) is 6.48. The number of hydrogen-bond acceptors (Lipinski definition) is 6. The SMILES string of the molecule is CCN(CCNC(=O)OC(C)(C)C)c1cc(Cl)nc(N)n1. The van der Waals surface area contributed by atoms with Crippen LogP contribution in [0.25, 0.3) is 0 Å². The summed E-state index contributed by atoms with van der Waals surface area (Å²) < 4.78 is 5.16. The van der Waals surface area contributed by atoms with Crippen LogP contribution in [-0.2, 0) is 4.74 Å². The number of carbonyl (C=O) groups excluding carboxylic acids is 1. The van der Waals surface area contributed by atoms with Crippen LogP contribution in [0.5, 0.6) is 0 Å². The molecule has 0 unspecified atom stereocenters. The smallest absolute Gasteiger partial charge is 0.407 e. The molecule has 3 N–H and O–H groups in total. The maximum atomic E-state index is 11.6. The summed E-state index contributed by atoms with van der Waals surface area (Å²) in [7, 11) is 0. The fraction of sp³-hybridized carbons (Fsp3) is 0.615. The van der Waals surface area contributed by atoms with Gasteiger partial charge in [-0.25, -0.2) is 9.78 Å². The number of nitrogens with zero attached hydrogens (tertiary/aromatic N) is 3. The van der Waals surface area contributed by atoms with Crippen LogP contribution in [0.3, 0.4) is 0 Å². The fourth-order valence-electron chi connectivity index (χ4n) is 1.63. The molecule has 1 rings (SSSR count). The van der Waals surface area contributed by atoms with E-state index in [0.717, 1.165) is 0 Å². The Balaban J connectivity index is 2.53. The number of ether oxygens (including phenoxy) is 1. The van der Waals surface area contributed by atoms with E-state index >= 15 is 0 Å². The number of carbonyl (C=O) groups is 1. The Kier molecular flexibility index (Phi) is 6.02. The summed E-state index contributed by atoms with van der Waals surface area (Å²) >= 11 is 5.86. The van der Waals surface area contributed by atoms with Crippen LogP contribution in [0.1, 0.15) is 27.7 Å². The summed E-state index contributed by atoms with van der Waals surface area (Å²) in [5.74, 6) is 0.747. The molecule has 0 aliphatic carbocycles. The predicted octanol–water partition coefficient (Wildman–Crippen LogP) is 2.06. The van der Waals surface area contributed by atoms with E-state index in [0.29, 0.717) is 25.5 Å². The number of nitrogens with two attached hydrogens (primary N) is 1. The standard InChI is InChI=1S/C13H22ClN5O2/c1-5-19(10-8-9(14)17-11(15)18-10)7-6-16-12(20)21-13(2,3)4/h8H,5-7H2,1-4H3,(H,16,20)(H2,15,17,18). The molecule has 0 aliphatic rings. The van der Waals surface area contributed by atoms with E-state index < -0.39 is 11.7 Å². The number of aromatic nitrogens is 2. The Morgan fingerprint density at radius 3 is 2.67 bits per heavy atom. The van der Waals surface area contributed by atoms with Gasteiger partial charge in [0.25, 0.3) is 0 Å². The van der Waals surface area contributed by atoms with Crippen molar-refractivity contribution in [1.29, 1.82) is 0 Å². The van der Waals surface area contributed by atoms with E-state index in [1.165, 1.54) is 0 Å². The van der Waals surface area contributed by atoms with Crippen LogP contribution in [0.2, 0.25) is 5.15 Å². The molecule has 1 aromatic rings. The van der Waals surface area contributed by atoms with E-state index in [1.807, 2.05) is 32.6 Å². The Morgan fingerprint density at radius 2 is 2.14 bits per heavy atom. The highest BCUT2D eigenvalue weighted by Crippen LogP contribution is 2.16. The van der Waals surface area contributed by atoms with Crippen molar-refractivity contribution in [2.24, 2.45) is 0 Å². The molecule has 0 fully saturated rings. The minimum Gasteiger partial charge on any atom is -0.444 e. The van der Waals surface area contributed by atoms with Crippen LogP contribution >= 0.6 is 11.6 Å². The Morgan fingerprint density at radius 1 is 1.48 bits per heavy atom. The van der Waals surface area contributed by atoms with E-state index in [2.05, 4.69) is 15.3 Å². The molecular weight excluding hydrogens is 294 g/mol. The molecule has 0 bridgehead atoms. The van der Waals surface area contributed by atoms with Crippen molar-refractivity contribution in [3.63, 3.8) is 0 Å². The van der Waals surface area contributed by atoms with E-state index in [-0.39, 0.29) is 11.1 Å². The summed E-state index contributed by atoms with van der Waals surface area (Å²) in [4.78, 5) is 21.4. The van der Waals surface area contributed by atoms with Crippen molar-refractivity contribution < 1.29 is 9.53 Å². The van der Waals surface area contributed by atoms with Gasteiger partial charge in [-0.05, 0) is 27.7 Å². The molecule has 1 amide bonds. The van der Waals surface area contributed by atoms with Crippen molar-refractivity contribution in [3.05, 3.63) is 11.2 Å². The zero-order valence-corrected chi connectivity index (χ0v) is 13.6. The number of hydrogen-bond donors (Lipinski definition) is 2. The normalized spacial score (nSPS) is 11.1. The maximum Gasteiger partial charge on any atom is 0.407 e. The average molecular weight is 316 g/mol. The van der Waals surface area contributed by atoms with Gasteiger partial charge in [-0.2, -0.15) is 4.98 Å². The third-order valence-corrected chi connectivity index (χ3v) is 2.65. The molecule has 7 nitrogen and oxygen atoms in total. The highest BCUT2D eigenvalue weighted by atomic mass is 35.5. The monoisotopic (exact) mass is 315 g/mol. The molecule has 1 heterocycles. The molecule has 0 aromatic carbocycles. The van der Waals surface area contributed by atoms with Crippen LogP contribution in [0, 0.1) is 0 Å². The van der Waals surface area contributed by atoms with Gasteiger partial charge in [-0.3, -0.25) is 0 Å². The maximum absolute atomic E-state index is 11.6. The first kappa shape index (κ1) is 17.3. The average Bonchev–Trinajstić information content (AvgIpc) is 2.31. The number of rotatable bonds is 5. The zero-order chi connectivity index (χ0) is 16.0. The summed E-state index contributed by atoms with van der Waals surface area (Å²) in [5.41, 5.74) is 5.06. The first-order chi connectivity index (χ1) is 9.71. The van der Waals surface area contributed by atoms with Gasteiger partial charge in [0.1, 0.15) is 16.6 Å². The van der Waals surface area contributed by atoms with Crippen LogP contribution in [-0.4, -0.2) is 41.3 Å². The molecule has 1 aromatic heterocycles. The van der Waals surface area contributed by atoms with E-state index in [9.17, 15) is 4.79 Å². The molecule has 21 heavy (non-hydrogen) atoms. The van der Waals surface area contributed by atoms with Gasteiger partial charge in [0, 0.05) is 25.7 Å². The zero-order valence-electron chi connectivity index (χ0n) is 12.8. The summed E-state index contributed by atoms with van der Waals surface area (Å²) in [5, 5.41) is 2.98. The number of alkyl carbamates (subject to hydrolysis) is 1. The number of nitrogens with one attached hydrogen (secondary N) is 1. The lowest BCUT2D eigenvalue weighted by molar-refractivity contribution is 0.0529. The van der Waals surface area contributed by atoms with Gasteiger partial charge < -0.3 is 20.7 Å². The second kappa shape index (κ2) is 7.31. The van der Waals surface area contributed by atoms with Crippen LogP contribution in [0.15, 0.2) is 6.07 Å². The lowest BCUT2D eigenvalue weighted by Gasteiger charge is -2.23. The Labute approximate surface area is 129 Å². The number of amides is 1. The van der Waals surface area contributed by atoms with E-state index in [1.54, 1.807) is 6.07 Å². The molecule has 0 aliphatic heterocycles. The first-order valence-corrected chi connectivity index (χ1v) is 7.11. The predicted molar refractivity (Wildman–Crippen MR) is 83.6 cm³/mol. The minimum atomic E-state index is -0.511. The summed E-state index contributed by atoms with van der Waals surface area (Å²) in [6.45, 7) is 9.10. The second-order valence-electron chi connectivity index (χ2n) is 5.42. The Bertz CT molecular complexity index is 470. The number of nitrogen functional groups attached to an aromatic ring is 1. The Hall–Kier alpha value is -1.76. The van der Waals surface area contributed by atoms with Gasteiger partial charge in [-0.15, -0.1) is 0 Å². The lowest BCUT2D eigenvalue weighted by atomic mass is 10.2. The van der Waals surface area contributed by atoms with Crippen molar-refractivity contribution >= 4 is 29.5 Å². The highest BCUT2D eigenvalue weighted by Gasteiger charge is 2.16. The van der Waals surface area contributed by atoms with Gasteiger partial charge in [0.15, 0.2) is 0 Å². The molecule has 118 valence electrons. The molecular formula is C13H22ClN5O2. The van der Waals surface area contributed by atoms with Crippen molar-refractivity contribution in [2.45, 2.75) is 33.3 Å². The van der Waals surface area contributed by atoms with Crippen molar-refractivity contribution in [3.8, 4) is 0 Å². The molecule has 0 spiro atoms. The third-order valence-electron chi connectivity index (χ3n) is 2.45. The molecule has 0 saturated carbocycles. The summed E-state index contributed by atoms with van der Waals surface area (Å²) in [6, 6.07) is 1.63. The summed E-state index contributed by atoms with van der Waals surface area (Å²) in [6.07, 6.45) is -0.446. The largest absolute Gasteiger partial charge is 0.444 e. The minimum absolute atomic E-state index is 0.121. The van der Waals surface area contributed by atoms with Crippen molar-refractivity contribution in [1.82, 2.24) is 15.3 Å². The highest BCUT2D eigenvalue weighted by molar-refractivity contribution is 6.29. The molecule has 0 radical (unpaired) electrons. The fourth-order valence-corrected chi connectivity index (χ4v) is 1.81. The van der Waals surface area contributed by atoms with Gasteiger partial charge in [-0.1, -0.05) is 11.6 Å². The van der Waals surface area contributed by atoms with Crippen LogP contribution < -0.4 is 16.0 Å². The number of anilines is 2. The van der Waals surface area contributed by atoms with E-state index in [4.69, 9.17) is 22.1 Å². The lowest BCUT2D eigenvalue weighted by Crippen LogP contribution is -2.38. The molecule has 0 atom stereocenters. The number of likely N-dealkylation sites (N-methyl/N-ethyl adjacent to an activating group) is 1. The van der Waals surface area contributed by atoms with Crippen LogP contribution in [0.4, 0.5) is 16.6 Å².